The molecule has 6 nitrogen and oxygen atoms in total. The van der Waals surface area contributed by atoms with Crippen LogP contribution in [0.15, 0.2) is 22.8 Å². The summed E-state index contributed by atoms with van der Waals surface area (Å²) in [6.07, 6.45) is 1.60. The molecule has 0 aliphatic heterocycles. The minimum Gasteiger partial charge on any atom is -0.481 e. The summed E-state index contributed by atoms with van der Waals surface area (Å²) in [7, 11) is 0. The third-order valence-corrected chi connectivity index (χ3v) is 3.23. The Kier molecular flexibility index (Phi) is 6.60. The molecule has 110 valence electrons. The van der Waals surface area contributed by atoms with Crippen LogP contribution in [0.1, 0.15) is 13.8 Å². The summed E-state index contributed by atoms with van der Waals surface area (Å²) in [5.74, 6) is -1.10. The Morgan fingerprint density at radius 3 is 2.70 bits per heavy atom. The normalized spacial score (nSPS) is 12.2. The van der Waals surface area contributed by atoms with Gasteiger partial charge in [0, 0.05) is 17.2 Å². The molecule has 0 aliphatic rings. The lowest BCUT2D eigenvalue weighted by Gasteiger charge is -2.21. The second-order valence-electron chi connectivity index (χ2n) is 4.48. The zero-order valence-electron chi connectivity index (χ0n) is 11.5. The van der Waals surface area contributed by atoms with Gasteiger partial charge in [-0.3, -0.25) is 14.5 Å². The summed E-state index contributed by atoms with van der Waals surface area (Å²) >= 11 is 3.26. The predicted molar refractivity (Wildman–Crippen MR) is 79.5 cm³/mol. The van der Waals surface area contributed by atoms with E-state index in [2.05, 4.69) is 26.2 Å². The maximum absolute atomic E-state index is 11.9. The predicted octanol–water partition coefficient (Wildman–Crippen LogP) is 1.83. The first-order valence-electron chi connectivity index (χ1n) is 6.29. The van der Waals surface area contributed by atoms with Crippen molar-refractivity contribution in [1.82, 2.24) is 9.88 Å². The highest BCUT2D eigenvalue weighted by Crippen LogP contribution is 2.10. The molecule has 1 atom stereocenters. The van der Waals surface area contributed by atoms with Gasteiger partial charge >= 0.3 is 5.97 Å². The molecule has 0 aromatic carbocycles. The van der Waals surface area contributed by atoms with Crippen LogP contribution < -0.4 is 5.32 Å². The first kappa shape index (κ1) is 16.6. The fraction of sp³-hybridized carbons (Fsp3) is 0.462. The Morgan fingerprint density at radius 1 is 1.50 bits per heavy atom. The monoisotopic (exact) mass is 343 g/mol. The highest BCUT2D eigenvalue weighted by molar-refractivity contribution is 9.10. The van der Waals surface area contributed by atoms with E-state index in [9.17, 15) is 9.59 Å². The zero-order valence-corrected chi connectivity index (χ0v) is 13.1. The molecule has 1 unspecified atom stereocenters. The van der Waals surface area contributed by atoms with Gasteiger partial charge in [0.1, 0.15) is 5.82 Å². The van der Waals surface area contributed by atoms with Gasteiger partial charge in [-0.15, -0.1) is 0 Å². The minimum absolute atomic E-state index is 0.145. The second-order valence-corrected chi connectivity index (χ2v) is 5.39. The second kappa shape index (κ2) is 7.96. The third-order valence-electron chi connectivity index (χ3n) is 2.76. The summed E-state index contributed by atoms with van der Waals surface area (Å²) < 4.78 is 0.834. The van der Waals surface area contributed by atoms with E-state index in [0.29, 0.717) is 18.9 Å². The van der Waals surface area contributed by atoms with E-state index >= 15 is 0 Å². The Morgan fingerprint density at radius 2 is 2.20 bits per heavy atom. The lowest BCUT2D eigenvalue weighted by molar-refractivity contribution is -0.142. The van der Waals surface area contributed by atoms with Crippen LogP contribution in [-0.2, 0) is 9.59 Å². The van der Waals surface area contributed by atoms with Crippen LogP contribution in [0.2, 0.25) is 0 Å². The first-order chi connectivity index (χ1) is 9.42. The fourth-order valence-electron chi connectivity index (χ4n) is 1.61. The Labute approximate surface area is 126 Å². The number of carboxylic acids is 1. The molecular formula is C13H18BrN3O3. The van der Waals surface area contributed by atoms with Gasteiger partial charge in [-0.25, -0.2) is 4.98 Å². The number of carbonyl (C=O) groups is 2. The summed E-state index contributed by atoms with van der Waals surface area (Å²) in [6.45, 7) is 4.61. The standard InChI is InChI=1S/C13H18BrN3O3/c1-3-17(7-9(2)13(19)20)8-12(18)16-11-5-4-10(14)6-15-11/h4-6,9H,3,7-8H2,1-2H3,(H,19,20)(H,15,16,18). The topological polar surface area (TPSA) is 82.5 Å². The van der Waals surface area contributed by atoms with Gasteiger partial charge in [0.25, 0.3) is 0 Å². The summed E-state index contributed by atoms with van der Waals surface area (Å²) in [6, 6.07) is 3.48. The molecular weight excluding hydrogens is 326 g/mol. The highest BCUT2D eigenvalue weighted by atomic mass is 79.9. The molecule has 1 heterocycles. The van der Waals surface area contributed by atoms with Crippen molar-refractivity contribution >= 4 is 33.6 Å². The minimum atomic E-state index is -0.863. The number of carbonyl (C=O) groups excluding carboxylic acids is 1. The van der Waals surface area contributed by atoms with Crippen LogP contribution >= 0.6 is 15.9 Å². The summed E-state index contributed by atoms with van der Waals surface area (Å²) in [5.41, 5.74) is 0. The van der Waals surface area contributed by atoms with Crippen molar-refractivity contribution in [2.45, 2.75) is 13.8 Å². The summed E-state index contributed by atoms with van der Waals surface area (Å²) in [5, 5.41) is 11.6. The molecule has 0 aliphatic carbocycles. The number of pyridine rings is 1. The Bertz CT molecular complexity index is 464. The Hall–Kier alpha value is -1.47. The molecule has 7 heteroatoms. The van der Waals surface area contributed by atoms with Gasteiger partial charge in [0.15, 0.2) is 0 Å². The lowest BCUT2D eigenvalue weighted by atomic mass is 10.1. The molecule has 0 spiro atoms. The molecule has 20 heavy (non-hydrogen) atoms. The molecule has 2 N–H and O–H groups in total. The van der Waals surface area contributed by atoms with Crippen molar-refractivity contribution in [2.24, 2.45) is 5.92 Å². The van der Waals surface area contributed by atoms with Crippen LogP contribution in [0.4, 0.5) is 5.82 Å². The van der Waals surface area contributed by atoms with Crippen molar-refractivity contribution in [3.63, 3.8) is 0 Å². The molecule has 0 radical (unpaired) electrons. The van der Waals surface area contributed by atoms with Crippen molar-refractivity contribution < 1.29 is 14.7 Å². The number of hydrogen-bond donors (Lipinski definition) is 2. The van der Waals surface area contributed by atoms with Crippen molar-refractivity contribution in [2.75, 3.05) is 25.0 Å². The van der Waals surface area contributed by atoms with Crippen molar-refractivity contribution in [1.29, 1.82) is 0 Å². The van der Waals surface area contributed by atoms with E-state index in [-0.39, 0.29) is 12.5 Å². The highest BCUT2D eigenvalue weighted by Gasteiger charge is 2.17. The number of halogens is 1. The number of aromatic nitrogens is 1. The van der Waals surface area contributed by atoms with Crippen molar-refractivity contribution in [3.05, 3.63) is 22.8 Å². The molecule has 1 rings (SSSR count). The molecule has 0 saturated carbocycles. The maximum atomic E-state index is 11.9. The molecule has 0 bridgehead atoms. The van der Waals surface area contributed by atoms with Gasteiger partial charge in [0.2, 0.25) is 5.91 Å². The number of carboxylic acid groups (broad SMARTS) is 1. The quantitative estimate of drug-likeness (QED) is 0.789. The van der Waals surface area contributed by atoms with E-state index in [1.807, 2.05) is 6.92 Å². The van der Waals surface area contributed by atoms with E-state index < -0.39 is 11.9 Å². The number of nitrogens with one attached hydrogen (secondary N) is 1. The molecule has 0 fully saturated rings. The average Bonchev–Trinajstić information content (AvgIpc) is 2.40. The van der Waals surface area contributed by atoms with E-state index in [4.69, 9.17) is 5.11 Å². The van der Waals surface area contributed by atoms with Gasteiger partial charge in [-0.1, -0.05) is 13.8 Å². The summed E-state index contributed by atoms with van der Waals surface area (Å²) in [4.78, 5) is 28.5. The number of likely N-dealkylation sites (N-methyl/N-ethyl adjacent to an activating group) is 1. The van der Waals surface area contributed by atoms with Crippen LogP contribution in [-0.4, -0.2) is 46.5 Å². The van der Waals surface area contributed by atoms with Crippen LogP contribution in [0, 0.1) is 5.92 Å². The number of rotatable bonds is 7. The first-order valence-corrected chi connectivity index (χ1v) is 7.08. The Balaban J connectivity index is 2.50. The van der Waals surface area contributed by atoms with E-state index in [0.717, 1.165) is 4.47 Å². The molecule has 0 saturated heterocycles. The largest absolute Gasteiger partial charge is 0.481 e. The van der Waals surface area contributed by atoms with E-state index in [1.165, 1.54) is 0 Å². The van der Waals surface area contributed by atoms with Gasteiger partial charge in [-0.05, 0) is 34.6 Å². The number of nitrogens with zero attached hydrogens (tertiary/aromatic N) is 2. The van der Waals surface area contributed by atoms with Gasteiger partial charge in [0.05, 0.1) is 12.5 Å². The van der Waals surface area contributed by atoms with Crippen molar-refractivity contribution in [3.8, 4) is 0 Å². The van der Waals surface area contributed by atoms with Crippen LogP contribution in [0.5, 0.6) is 0 Å². The third kappa shape index (κ3) is 5.66. The number of anilines is 1. The average molecular weight is 344 g/mol. The SMILES string of the molecule is CCN(CC(=O)Nc1ccc(Br)cn1)CC(C)C(=O)O. The lowest BCUT2D eigenvalue weighted by Crippen LogP contribution is -2.37. The van der Waals surface area contributed by atoms with Crippen LogP contribution in [0.25, 0.3) is 0 Å². The molecule has 1 aromatic heterocycles. The maximum Gasteiger partial charge on any atom is 0.307 e. The van der Waals surface area contributed by atoms with Crippen LogP contribution in [0.3, 0.4) is 0 Å². The van der Waals surface area contributed by atoms with Gasteiger partial charge in [-0.2, -0.15) is 0 Å². The zero-order chi connectivity index (χ0) is 15.1. The molecule has 1 amide bonds. The smallest absolute Gasteiger partial charge is 0.307 e. The fourth-order valence-corrected chi connectivity index (χ4v) is 1.84. The number of hydrogen-bond acceptors (Lipinski definition) is 4. The van der Waals surface area contributed by atoms with E-state index in [1.54, 1.807) is 30.2 Å². The van der Waals surface area contributed by atoms with Gasteiger partial charge < -0.3 is 10.4 Å². The number of amides is 1. The number of aliphatic carboxylic acids is 1. The molecule has 1 aromatic rings.